The van der Waals surface area contributed by atoms with Gasteiger partial charge in [-0.25, -0.2) is 4.98 Å². The molecule has 0 N–H and O–H groups in total. The number of carbonyl (C=O) groups excluding carboxylic acids is 1. The van der Waals surface area contributed by atoms with Crippen LogP contribution in [0.15, 0.2) is 11.6 Å². The summed E-state index contributed by atoms with van der Waals surface area (Å²) >= 11 is 1.51. The quantitative estimate of drug-likeness (QED) is 0.805. The zero-order valence-corrected chi connectivity index (χ0v) is 10.8. The average molecular weight is 255 g/mol. The molecule has 94 valence electrons. The maximum Gasteiger partial charge on any atom is 0.171 e. The summed E-state index contributed by atoms with van der Waals surface area (Å²) in [5.74, 6) is 0.137. The molecule has 0 bridgehead atoms. The second-order valence-corrected chi connectivity index (χ2v) is 5.04. The lowest BCUT2D eigenvalue weighted by atomic mass is 9.87. The van der Waals surface area contributed by atoms with Gasteiger partial charge in [0.15, 0.2) is 5.78 Å². The molecule has 0 aromatic carbocycles. The van der Waals surface area contributed by atoms with Crippen LogP contribution in [0.25, 0.3) is 0 Å². The Bertz CT molecular complexity index is 352. The van der Waals surface area contributed by atoms with Crippen molar-refractivity contribution >= 4 is 17.1 Å². The number of thiazole rings is 1. The minimum Gasteiger partial charge on any atom is -0.381 e. The van der Waals surface area contributed by atoms with Gasteiger partial charge in [-0.3, -0.25) is 4.79 Å². The first-order valence-electron chi connectivity index (χ1n) is 5.90. The highest BCUT2D eigenvalue weighted by Gasteiger charge is 2.40. The first-order chi connectivity index (χ1) is 8.27. The molecule has 2 rings (SSSR count). The molecule has 4 nitrogen and oxygen atoms in total. The molecule has 17 heavy (non-hydrogen) atoms. The van der Waals surface area contributed by atoms with Crippen molar-refractivity contribution in [1.29, 1.82) is 0 Å². The highest BCUT2D eigenvalue weighted by Crippen LogP contribution is 2.28. The van der Waals surface area contributed by atoms with Gasteiger partial charge in [-0.15, -0.1) is 11.3 Å². The fourth-order valence-corrected chi connectivity index (χ4v) is 2.73. The Labute approximate surface area is 105 Å². The van der Waals surface area contributed by atoms with Crippen LogP contribution < -0.4 is 0 Å². The summed E-state index contributed by atoms with van der Waals surface area (Å²) in [6.45, 7) is 3.69. The van der Waals surface area contributed by atoms with Crippen LogP contribution in [0.5, 0.6) is 0 Å². The number of rotatable bonds is 5. The van der Waals surface area contributed by atoms with Gasteiger partial charge >= 0.3 is 0 Å². The van der Waals surface area contributed by atoms with Crippen LogP contribution in [0, 0.1) is 0 Å². The summed E-state index contributed by atoms with van der Waals surface area (Å²) in [4.78, 5) is 16.5. The predicted molar refractivity (Wildman–Crippen MR) is 65.2 cm³/mol. The Balaban J connectivity index is 2.06. The van der Waals surface area contributed by atoms with E-state index in [1.807, 2.05) is 12.3 Å². The first-order valence-corrected chi connectivity index (χ1v) is 6.78. The minimum atomic E-state index is -0.640. The molecule has 0 saturated carbocycles. The van der Waals surface area contributed by atoms with Crippen LogP contribution in [-0.4, -0.2) is 36.2 Å². The molecule has 1 aliphatic heterocycles. The second kappa shape index (κ2) is 5.71. The summed E-state index contributed by atoms with van der Waals surface area (Å²) in [5.41, 5.74) is -0.640. The van der Waals surface area contributed by atoms with E-state index >= 15 is 0 Å². The molecule has 0 radical (unpaired) electrons. The van der Waals surface area contributed by atoms with Crippen molar-refractivity contribution in [3.05, 3.63) is 16.6 Å². The highest BCUT2D eigenvalue weighted by atomic mass is 32.1. The Morgan fingerprint density at radius 2 is 2.35 bits per heavy atom. The number of ketones is 1. The predicted octanol–water partition coefficient (Wildman–Crippen LogP) is 1.84. The third-order valence-electron chi connectivity index (χ3n) is 3.02. The molecule has 1 saturated heterocycles. The van der Waals surface area contributed by atoms with Crippen molar-refractivity contribution < 1.29 is 14.3 Å². The van der Waals surface area contributed by atoms with Crippen LogP contribution in [0.4, 0.5) is 0 Å². The van der Waals surface area contributed by atoms with E-state index in [4.69, 9.17) is 9.47 Å². The van der Waals surface area contributed by atoms with Crippen LogP contribution in [0.2, 0.25) is 0 Å². The molecule has 0 amide bonds. The fraction of sp³-hybridized carbons (Fsp3) is 0.667. The summed E-state index contributed by atoms with van der Waals surface area (Å²) in [6, 6.07) is 0. The van der Waals surface area contributed by atoms with Crippen LogP contribution in [-0.2, 0) is 20.7 Å². The smallest absolute Gasteiger partial charge is 0.171 e. The van der Waals surface area contributed by atoms with Crippen LogP contribution in [0.1, 0.15) is 24.8 Å². The van der Waals surface area contributed by atoms with Gasteiger partial charge < -0.3 is 9.47 Å². The van der Waals surface area contributed by atoms with Gasteiger partial charge in [-0.05, 0) is 6.92 Å². The third kappa shape index (κ3) is 2.91. The van der Waals surface area contributed by atoms with E-state index in [9.17, 15) is 4.79 Å². The van der Waals surface area contributed by atoms with E-state index < -0.39 is 5.60 Å². The van der Waals surface area contributed by atoms with Gasteiger partial charge in [0.1, 0.15) is 5.60 Å². The Hall–Kier alpha value is -0.780. The monoisotopic (exact) mass is 255 g/mol. The highest BCUT2D eigenvalue weighted by molar-refractivity contribution is 7.09. The lowest BCUT2D eigenvalue weighted by Gasteiger charge is -2.35. The van der Waals surface area contributed by atoms with Crippen molar-refractivity contribution in [2.45, 2.75) is 31.8 Å². The Morgan fingerprint density at radius 1 is 1.59 bits per heavy atom. The summed E-state index contributed by atoms with van der Waals surface area (Å²) < 4.78 is 11.0. The molecule has 5 heteroatoms. The van der Waals surface area contributed by atoms with Gasteiger partial charge in [0.05, 0.1) is 11.4 Å². The van der Waals surface area contributed by atoms with Crippen molar-refractivity contribution in [3.8, 4) is 0 Å². The van der Waals surface area contributed by atoms with Crippen LogP contribution >= 0.6 is 11.3 Å². The summed E-state index contributed by atoms with van der Waals surface area (Å²) in [7, 11) is 0. The summed E-state index contributed by atoms with van der Waals surface area (Å²) in [6.07, 6.45) is 3.42. The molecular formula is C12H17NO3S. The number of hydrogen-bond donors (Lipinski definition) is 0. The number of carbonyl (C=O) groups is 1. The molecule has 0 atom stereocenters. The van der Waals surface area contributed by atoms with E-state index in [0.29, 0.717) is 39.1 Å². The number of ether oxygens (including phenoxy) is 2. The standard InChI is InChI=1S/C12H17NO3S/c1-2-16-12(3-6-15-7-4-12)10(14)9-11-13-5-8-17-11/h5,8H,2-4,6-7,9H2,1H3. The van der Waals surface area contributed by atoms with Crippen molar-refractivity contribution in [2.24, 2.45) is 0 Å². The Morgan fingerprint density at radius 3 is 2.94 bits per heavy atom. The maximum atomic E-state index is 12.4. The number of Topliss-reactive ketones (excluding diaryl/α,β-unsaturated/α-hetero) is 1. The zero-order valence-electron chi connectivity index (χ0n) is 9.98. The molecule has 0 aliphatic carbocycles. The van der Waals surface area contributed by atoms with E-state index in [0.717, 1.165) is 5.01 Å². The first kappa shape index (κ1) is 12.7. The fourth-order valence-electron chi connectivity index (χ4n) is 2.12. The molecule has 1 aromatic rings. The molecule has 0 spiro atoms. The van der Waals surface area contributed by atoms with Gasteiger partial charge in [0.25, 0.3) is 0 Å². The lowest BCUT2D eigenvalue weighted by molar-refractivity contribution is -0.156. The van der Waals surface area contributed by atoms with E-state index in [-0.39, 0.29) is 5.78 Å². The molecule has 1 aliphatic rings. The van der Waals surface area contributed by atoms with Gasteiger partial charge in [0.2, 0.25) is 0 Å². The average Bonchev–Trinajstić information content (AvgIpc) is 2.83. The largest absolute Gasteiger partial charge is 0.381 e. The molecular weight excluding hydrogens is 238 g/mol. The number of nitrogens with zero attached hydrogens (tertiary/aromatic N) is 1. The van der Waals surface area contributed by atoms with E-state index in [2.05, 4.69) is 4.98 Å². The zero-order chi connectivity index (χ0) is 12.1. The lowest BCUT2D eigenvalue weighted by Crippen LogP contribution is -2.47. The molecule has 1 fully saturated rings. The Kier molecular flexibility index (Phi) is 4.25. The van der Waals surface area contributed by atoms with Crippen molar-refractivity contribution in [2.75, 3.05) is 19.8 Å². The topological polar surface area (TPSA) is 48.4 Å². The minimum absolute atomic E-state index is 0.137. The molecule has 2 heterocycles. The maximum absolute atomic E-state index is 12.4. The third-order valence-corrected chi connectivity index (χ3v) is 3.80. The second-order valence-electron chi connectivity index (χ2n) is 4.07. The van der Waals surface area contributed by atoms with Gasteiger partial charge in [0, 0.05) is 44.2 Å². The SMILES string of the molecule is CCOC1(C(=O)Cc2nccs2)CCOCC1. The molecule has 1 aromatic heterocycles. The van der Waals surface area contributed by atoms with E-state index in [1.165, 1.54) is 11.3 Å². The molecule has 0 unspecified atom stereocenters. The van der Waals surface area contributed by atoms with Crippen molar-refractivity contribution in [3.63, 3.8) is 0 Å². The number of aromatic nitrogens is 1. The normalized spacial score (nSPS) is 19.1. The summed E-state index contributed by atoms with van der Waals surface area (Å²) in [5, 5.41) is 2.75. The van der Waals surface area contributed by atoms with Crippen molar-refractivity contribution in [1.82, 2.24) is 4.98 Å². The van der Waals surface area contributed by atoms with Crippen LogP contribution in [0.3, 0.4) is 0 Å². The van der Waals surface area contributed by atoms with E-state index in [1.54, 1.807) is 6.20 Å². The number of hydrogen-bond acceptors (Lipinski definition) is 5. The van der Waals surface area contributed by atoms with Gasteiger partial charge in [-0.2, -0.15) is 0 Å². The van der Waals surface area contributed by atoms with Gasteiger partial charge in [-0.1, -0.05) is 0 Å².